The van der Waals surface area contributed by atoms with E-state index in [4.69, 9.17) is 0 Å². The van der Waals surface area contributed by atoms with Crippen LogP contribution >= 0.6 is 0 Å². The van der Waals surface area contributed by atoms with Crippen LogP contribution in [0.5, 0.6) is 0 Å². The van der Waals surface area contributed by atoms with Gasteiger partial charge in [0, 0.05) is 41.8 Å². The van der Waals surface area contributed by atoms with Gasteiger partial charge in [0.15, 0.2) is 0 Å². The maximum atomic E-state index is 3.52. The molecule has 0 amide bonds. The van der Waals surface area contributed by atoms with Gasteiger partial charge in [-0.1, -0.05) is 54.6 Å². The number of fused-ring (bicyclic) bond motifs is 1. The van der Waals surface area contributed by atoms with Crippen LogP contribution in [0, 0.1) is 6.92 Å². The summed E-state index contributed by atoms with van der Waals surface area (Å²) < 4.78 is 0. The molecular formula is C21H22N2. The van der Waals surface area contributed by atoms with Gasteiger partial charge in [-0.15, -0.1) is 0 Å². The first kappa shape index (κ1) is 14.3. The first-order valence-electron chi connectivity index (χ1n) is 8.34. The highest BCUT2D eigenvalue weighted by molar-refractivity contribution is 5.94. The summed E-state index contributed by atoms with van der Waals surface area (Å²) in [4.78, 5) is 6.04. The second-order valence-corrected chi connectivity index (χ2v) is 6.37. The van der Waals surface area contributed by atoms with Crippen molar-refractivity contribution in [3.63, 3.8) is 0 Å². The number of nitrogens with zero attached hydrogens (tertiary/aromatic N) is 1. The van der Waals surface area contributed by atoms with Gasteiger partial charge in [-0.3, -0.25) is 4.90 Å². The largest absolute Gasteiger partial charge is 0.358 e. The number of aromatic amines is 1. The van der Waals surface area contributed by atoms with Crippen LogP contribution in [0.1, 0.15) is 23.2 Å². The predicted octanol–water partition coefficient (Wildman–Crippen LogP) is 4.77. The van der Waals surface area contributed by atoms with E-state index in [1.807, 2.05) is 0 Å². The van der Waals surface area contributed by atoms with Gasteiger partial charge in [-0.05, 0) is 30.5 Å². The standard InChI is InChI=1S/C21H22N2/c1-16-21(19-9-5-6-10-20(19)22-16)18-11-13-23(14-12-18)15-17-7-3-2-4-8-17/h2-11,22H,12-15H2,1H3. The van der Waals surface area contributed by atoms with Gasteiger partial charge in [0.2, 0.25) is 0 Å². The predicted molar refractivity (Wildman–Crippen MR) is 97.3 cm³/mol. The second-order valence-electron chi connectivity index (χ2n) is 6.37. The van der Waals surface area contributed by atoms with Gasteiger partial charge in [0.1, 0.15) is 0 Å². The summed E-state index contributed by atoms with van der Waals surface area (Å²) in [6.45, 7) is 5.38. The molecule has 0 unspecified atom stereocenters. The zero-order valence-corrected chi connectivity index (χ0v) is 13.5. The van der Waals surface area contributed by atoms with E-state index < -0.39 is 0 Å². The van der Waals surface area contributed by atoms with Gasteiger partial charge in [0.25, 0.3) is 0 Å². The van der Waals surface area contributed by atoms with Crippen molar-refractivity contribution in [1.29, 1.82) is 0 Å². The monoisotopic (exact) mass is 302 g/mol. The van der Waals surface area contributed by atoms with Crippen LogP contribution in [0.2, 0.25) is 0 Å². The Morgan fingerprint density at radius 2 is 1.78 bits per heavy atom. The highest BCUT2D eigenvalue weighted by Gasteiger charge is 2.17. The Labute approximate surface area is 137 Å². The topological polar surface area (TPSA) is 19.0 Å². The summed E-state index contributed by atoms with van der Waals surface area (Å²) in [5.41, 5.74) is 6.83. The van der Waals surface area contributed by atoms with Crippen molar-refractivity contribution < 1.29 is 0 Å². The van der Waals surface area contributed by atoms with Crippen LogP contribution in [0.25, 0.3) is 16.5 Å². The Morgan fingerprint density at radius 3 is 2.57 bits per heavy atom. The Morgan fingerprint density at radius 1 is 1.00 bits per heavy atom. The van der Waals surface area contributed by atoms with Gasteiger partial charge >= 0.3 is 0 Å². The number of H-pyrrole nitrogens is 1. The van der Waals surface area contributed by atoms with Crippen molar-refractivity contribution >= 4 is 16.5 Å². The van der Waals surface area contributed by atoms with Crippen LogP contribution in [0.4, 0.5) is 0 Å². The summed E-state index contributed by atoms with van der Waals surface area (Å²) in [6, 6.07) is 19.4. The minimum Gasteiger partial charge on any atom is -0.358 e. The van der Waals surface area contributed by atoms with E-state index in [0.29, 0.717) is 0 Å². The van der Waals surface area contributed by atoms with Crippen LogP contribution in [0.15, 0.2) is 60.7 Å². The molecule has 1 aliphatic rings. The van der Waals surface area contributed by atoms with Crippen molar-refractivity contribution in [3.05, 3.63) is 77.5 Å². The molecule has 2 nitrogen and oxygen atoms in total. The molecule has 4 rings (SSSR count). The molecule has 0 saturated carbocycles. The molecule has 116 valence electrons. The zero-order valence-electron chi connectivity index (χ0n) is 13.5. The normalized spacial score (nSPS) is 15.8. The highest BCUT2D eigenvalue weighted by Crippen LogP contribution is 2.32. The number of benzene rings is 2. The minimum absolute atomic E-state index is 1.03. The first-order valence-corrected chi connectivity index (χ1v) is 8.34. The number of hydrogen-bond donors (Lipinski definition) is 1. The molecule has 0 fully saturated rings. The molecule has 2 aromatic carbocycles. The Balaban J connectivity index is 1.56. The van der Waals surface area contributed by atoms with E-state index in [1.54, 1.807) is 0 Å². The van der Waals surface area contributed by atoms with Crippen molar-refractivity contribution in [2.24, 2.45) is 0 Å². The van der Waals surface area contributed by atoms with Crippen molar-refractivity contribution in [1.82, 2.24) is 9.88 Å². The Kier molecular flexibility index (Phi) is 3.76. The van der Waals surface area contributed by atoms with E-state index in [9.17, 15) is 0 Å². The molecule has 1 N–H and O–H groups in total. The fraction of sp³-hybridized carbons (Fsp3) is 0.238. The third-order valence-electron chi connectivity index (χ3n) is 4.76. The molecule has 0 saturated heterocycles. The number of rotatable bonds is 3. The average Bonchev–Trinajstić information content (AvgIpc) is 2.92. The smallest absolute Gasteiger partial charge is 0.0462 e. The summed E-state index contributed by atoms with van der Waals surface area (Å²) in [5.74, 6) is 0. The summed E-state index contributed by atoms with van der Waals surface area (Å²) in [6.07, 6.45) is 3.53. The molecule has 0 bridgehead atoms. The van der Waals surface area contributed by atoms with E-state index in [2.05, 4.69) is 77.5 Å². The fourth-order valence-electron chi connectivity index (χ4n) is 3.61. The lowest BCUT2D eigenvalue weighted by Crippen LogP contribution is -2.28. The lowest BCUT2D eigenvalue weighted by molar-refractivity contribution is 0.294. The lowest BCUT2D eigenvalue weighted by atomic mass is 9.96. The fourth-order valence-corrected chi connectivity index (χ4v) is 3.61. The number of nitrogens with one attached hydrogen (secondary N) is 1. The number of aromatic nitrogens is 1. The molecule has 1 aromatic heterocycles. The van der Waals surface area contributed by atoms with Crippen LogP contribution in [-0.4, -0.2) is 23.0 Å². The molecule has 0 aliphatic carbocycles. The number of aryl methyl sites for hydroxylation is 1. The SMILES string of the molecule is Cc1[nH]c2ccccc2c1C1=CCN(Cc2ccccc2)CC1. The quantitative estimate of drug-likeness (QED) is 0.738. The molecule has 1 aliphatic heterocycles. The number of hydrogen-bond acceptors (Lipinski definition) is 1. The molecule has 0 spiro atoms. The average molecular weight is 302 g/mol. The van der Waals surface area contributed by atoms with E-state index >= 15 is 0 Å². The van der Waals surface area contributed by atoms with Crippen molar-refractivity contribution in [3.8, 4) is 0 Å². The third kappa shape index (κ3) is 2.82. The molecule has 0 atom stereocenters. The van der Waals surface area contributed by atoms with Gasteiger partial charge in [-0.25, -0.2) is 0 Å². The van der Waals surface area contributed by atoms with E-state index in [-0.39, 0.29) is 0 Å². The lowest BCUT2D eigenvalue weighted by Gasteiger charge is -2.26. The Hall–Kier alpha value is -2.32. The van der Waals surface area contributed by atoms with Crippen molar-refractivity contribution in [2.45, 2.75) is 19.9 Å². The summed E-state index contributed by atoms with van der Waals surface area (Å²) in [5, 5.41) is 1.35. The molecule has 2 heteroatoms. The van der Waals surface area contributed by atoms with Gasteiger partial charge in [0.05, 0.1) is 0 Å². The first-order chi connectivity index (χ1) is 11.3. The van der Waals surface area contributed by atoms with Crippen LogP contribution in [-0.2, 0) is 6.54 Å². The molecule has 23 heavy (non-hydrogen) atoms. The van der Waals surface area contributed by atoms with Crippen LogP contribution in [0.3, 0.4) is 0 Å². The molecule has 0 radical (unpaired) electrons. The summed E-state index contributed by atoms with van der Waals surface area (Å²) in [7, 11) is 0. The van der Waals surface area contributed by atoms with Gasteiger partial charge in [-0.2, -0.15) is 0 Å². The van der Waals surface area contributed by atoms with Crippen molar-refractivity contribution in [2.75, 3.05) is 13.1 Å². The maximum Gasteiger partial charge on any atom is 0.0462 e. The maximum absolute atomic E-state index is 3.52. The minimum atomic E-state index is 1.03. The molecule has 3 aromatic rings. The van der Waals surface area contributed by atoms with E-state index in [0.717, 1.165) is 26.1 Å². The third-order valence-corrected chi connectivity index (χ3v) is 4.76. The summed E-state index contributed by atoms with van der Waals surface area (Å²) >= 11 is 0. The molecular weight excluding hydrogens is 280 g/mol. The molecule has 2 heterocycles. The van der Waals surface area contributed by atoms with E-state index in [1.165, 1.54) is 33.3 Å². The Bertz CT molecular complexity index is 843. The van der Waals surface area contributed by atoms with Gasteiger partial charge < -0.3 is 4.98 Å². The van der Waals surface area contributed by atoms with Crippen LogP contribution < -0.4 is 0 Å². The second kappa shape index (κ2) is 6.05. The highest BCUT2D eigenvalue weighted by atomic mass is 15.1. The zero-order chi connectivity index (χ0) is 15.6. The number of para-hydroxylation sites is 1.